The van der Waals surface area contributed by atoms with Crippen molar-refractivity contribution < 1.29 is 19.4 Å². The van der Waals surface area contributed by atoms with Crippen LogP contribution >= 0.6 is 0 Å². The van der Waals surface area contributed by atoms with Gasteiger partial charge in [-0.3, -0.25) is 0 Å². The van der Waals surface area contributed by atoms with Crippen molar-refractivity contribution in [3.8, 4) is 5.75 Å². The first-order valence-corrected chi connectivity index (χ1v) is 7.10. The lowest BCUT2D eigenvalue weighted by molar-refractivity contribution is 0.133. The predicted molar refractivity (Wildman–Crippen MR) is 80.4 cm³/mol. The number of hydrogen-bond donors (Lipinski definition) is 2. The summed E-state index contributed by atoms with van der Waals surface area (Å²) in [4.78, 5) is 11.9. The normalized spacial score (nSPS) is 15.8. The first-order valence-electron chi connectivity index (χ1n) is 7.10. The Morgan fingerprint density at radius 1 is 1.23 bits per heavy atom. The van der Waals surface area contributed by atoms with Gasteiger partial charge in [0.25, 0.3) is 0 Å². The molecule has 114 valence electrons. The van der Waals surface area contributed by atoms with Gasteiger partial charge in [0.05, 0.1) is 12.6 Å². The van der Waals surface area contributed by atoms with Gasteiger partial charge in [-0.1, -0.05) is 36.4 Å². The van der Waals surface area contributed by atoms with Crippen molar-refractivity contribution >= 4 is 6.09 Å². The number of hydrogen-bond acceptors (Lipinski definition) is 4. The smallest absolute Gasteiger partial charge is 0.408 e. The van der Waals surface area contributed by atoms with Crippen molar-refractivity contribution in [1.29, 1.82) is 0 Å². The number of amides is 1. The zero-order chi connectivity index (χ0) is 15.4. The molecule has 0 fully saturated rings. The molecule has 1 aliphatic rings. The fourth-order valence-corrected chi connectivity index (χ4v) is 2.39. The van der Waals surface area contributed by atoms with Gasteiger partial charge in [-0.05, 0) is 23.3 Å². The summed E-state index contributed by atoms with van der Waals surface area (Å²) < 4.78 is 10.7. The van der Waals surface area contributed by atoms with E-state index in [1.807, 2.05) is 36.4 Å². The molecule has 0 aromatic heterocycles. The fraction of sp³-hybridized carbons (Fsp3) is 0.235. The third-order valence-corrected chi connectivity index (χ3v) is 3.54. The molecule has 22 heavy (non-hydrogen) atoms. The molecule has 1 aliphatic heterocycles. The van der Waals surface area contributed by atoms with Gasteiger partial charge in [0.2, 0.25) is 0 Å². The molecule has 0 saturated carbocycles. The summed E-state index contributed by atoms with van der Waals surface area (Å²) in [5.41, 5.74) is 2.58. The summed E-state index contributed by atoms with van der Waals surface area (Å²) in [5, 5.41) is 12.0. The monoisotopic (exact) mass is 299 g/mol. The second-order valence-electron chi connectivity index (χ2n) is 5.10. The molecule has 0 saturated heterocycles. The van der Waals surface area contributed by atoms with Gasteiger partial charge in [0.1, 0.15) is 19.0 Å². The summed E-state index contributed by atoms with van der Waals surface area (Å²) in [6.07, 6.45) is -0.486. The Balaban J connectivity index is 1.59. The zero-order valence-electron chi connectivity index (χ0n) is 12.0. The number of alkyl carbamates (subject to hydrolysis) is 1. The summed E-state index contributed by atoms with van der Waals surface area (Å²) in [6, 6.07) is 14.7. The minimum absolute atomic E-state index is 0.0432. The van der Waals surface area contributed by atoms with Crippen LogP contribution in [-0.2, 0) is 18.0 Å². The van der Waals surface area contributed by atoms with Crippen LogP contribution in [0.25, 0.3) is 0 Å². The highest BCUT2D eigenvalue weighted by molar-refractivity contribution is 5.68. The molecule has 1 atom stereocenters. The number of nitrogens with one attached hydrogen (secondary N) is 1. The van der Waals surface area contributed by atoms with Gasteiger partial charge in [0, 0.05) is 5.56 Å². The van der Waals surface area contributed by atoms with Gasteiger partial charge in [-0.25, -0.2) is 4.79 Å². The average Bonchev–Trinajstić information content (AvgIpc) is 2.96. The molecule has 5 heteroatoms. The van der Waals surface area contributed by atoms with Crippen molar-refractivity contribution in [2.24, 2.45) is 0 Å². The summed E-state index contributed by atoms with van der Waals surface area (Å²) in [7, 11) is 0. The van der Waals surface area contributed by atoms with E-state index in [0.717, 1.165) is 22.4 Å². The number of fused-ring (bicyclic) bond motifs is 1. The molecule has 0 spiro atoms. The Hall–Kier alpha value is -2.53. The molecule has 2 aromatic carbocycles. The largest absolute Gasteiger partial charge is 0.491 e. The summed E-state index contributed by atoms with van der Waals surface area (Å²) >= 11 is 0. The van der Waals surface area contributed by atoms with Crippen molar-refractivity contribution in [2.75, 3.05) is 6.61 Å². The molecule has 0 bridgehead atoms. The molecule has 1 heterocycles. The van der Waals surface area contributed by atoms with Gasteiger partial charge < -0.3 is 19.9 Å². The Morgan fingerprint density at radius 2 is 2.05 bits per heavy atom. The van der Waals surface area contributed by atoms with E-state index < -0.39 is 6.09 Å². The number of benzene rings is 2. The van der Waals surface area contributed by atoms with E-state index in [1.165, 1.54) is 0 Å². The second kappa shape index (κ2) is 6.49. The lowest BCUT2D eigenvalue weighted by atomic mass is 10.1. The van der Waals surface area contributed by atoms with Gasteiger partial charge in [-0.2, -0.15) is 0 Å². The maximum atomic E-state index is 11.9. The van der Waals surface area contributed by atoms with Crippen molar-refractivity contribution in [1.82, 2.24) is 5.32 Å². The number of aliphatic hydroxyl groups excluding tert-OH is 1. The Bertz CT molecular complexity index is 657. The number of ether oxygens (including phenoxy) is 2. The number of rotatable bonds is 4. The van der Waals surface area contributed by atoms with E-state index in [1.54, 1.807) is 12.1 Å². The highest BCUT2D eigenvalue weighted by Crippen LogP contribution is 2.33. The molecule has 2 aromatic rings. The molecule has 5 nitrogen and oxygen atoms in total. The van der Waals surface area contributed by atoms with E-state index in [2.05, 4.69) is 5.32 Å². The van der Waals surface area contributed by atoms with Crippen LogP contribution in [0.3, 0.4) is 0 Å². The standard InChI is InChI=1S/C17H17NO4/c19-9-13-6-7-16-14(8-13)15(11-21-16)18-17(20)22-10-12-4-2-1-3-5-12/h1-8,15,19H,9-11H2,(H,18,20). The van der Waals surface area contributed by atoms with Crippen LogP contribution in [0.15, 0.2) is 48.5 Å². The van der Waals surface area contributed by atoms with E-state index >= 15 is 0 Å². The summed E-state index contributed by atoms with van der Waals surface area (Å²) in [5.74, 6) is 0.727. The lowest BCUT2D eigenvalue weighted by Crippen LogP contribution is -2.30. The van der Waals surface area contributed by atoms with Crippen molar-refractivity contribution in [2.45, 2.75) is 19.3 Å². The van der Waals surface area contributed by atoms with Crippen molar-refractivity contribution in [3.63, 3.8) is 0 Å². The second-order valence-corrected chi connectivity index (χ2v) is 5.10. The molecule has 0 aliphatic carbocycles. The molecule has 3 rings (SSSR count). The first kappa shape index (κ1) is 14.4. The minimum Gasteiger partial charge on any atom is -0.491 e. The summed E-state index contributed by atoms with van der Waals surface area (Å²) in [6.45, 7) is 0.549. The Morgan fingerprint density at radius 3 is 2.82 bits per heavy atom. The number of carbonyl (C=O) groups is 1. The SMILES string of the molecule is O=C(NC1COc2ccc(CO)cc21)OCc1ccccc1. The third kappa shape index (κ3) is 3.20. The van der Waals surface area contributed by atoms with Crippen LogP contribution in [0, 0.1) is 0 Å². The lowest BCUT2D eigenvalue weighted by Gasteiger charge is -2.12. The van der Waals surface area contributed by atoms with Crippen LogP contribution in [0.2, 0.25) is 0 Å². The van der Waals surface area contributed by atoms with Crippen LogP contribution < -0.4 is 10.1 Å². The molecular weight excluding hydrogens is 282 g/mol. The quantitative estimate of drug-likeness (QED) is 0.910. The molecule has 2 N–H and O–H groups in total. The predicted octanol–water partition coefficient (Wildman–Crippen LogP) is 2.54. The van der Waals surface area contributed by atoms with Crippen LogP contribution in [0.5, 0.6) is 5.75 Å². The maximum absolute atomic E-state index is 11.9. The van der Waals surface area contributed by atoms with Crippen LogP contribution in [0.4, 0.5) is 4.79 Å². The zero-order valence-corrected chi connectivity index (χ0v) is 12.0. The van der Waals surface area contributed by atoms with Crippen LogP contribution in [-0.4, -0.2) is 17.8 Å². The van der Waals surface area contributed by atoms with E-state index in [-0.39, 0.29) is 19.3 Å². The number of carbonyl (C=O) groups excluding carboxylic acids is 1. The Kier molecular flexibility index (Phi) is 4.25. The average molecular weight is 299 g/mol. The minimum atomic E-state index is -0.486. The highest BCUT2D eigenvalue weighted by Gasteiger charge is 2.26. The molecule has 1 unspecified atom stereocenters. The Labute approximate surface area is 128 Å². The van der Waals surface area contributed by atoms with Crippen molar-refractivity contribution in [3.05, 3.63) is 65.2 Å². The van der Waals surface area contributed by atoms with E-state index in [0.29, 0.717) is 6.61 Å². The highest BCUT2D eigenvalue weighted by atomic mass is 16.5. The molecule has 1 amide bonds. The van der Waals surface area contributed by atoms with Gasteiger partial charge in [-0.15, -0.1) is 0 Å². The third-order valence-electron chi connectivity index (χ3n) is 3.54. The van der Waals surface area contributed by atoms with Crippen LogP contribution in [0.1, 0.15) is 22.7 Å². The maximum Gasteiger partial charge on any atom is 0.408 e. The van der Waals surface area contributed by atoms with E-state index in [4.69, 9.17) is 9.47 Å². The number of aliphatic hydroxyl groups is 1. The van der Waals surface area contributed by atoms with E-state index in [9.17, 15) is 9.90 Å². The topological polar surface area (TPSA) is 67.8 Å². The molecule has 0 radical (unpaired) electrons. The first-order chi connectivity index (χ1) is 10.8. The van der Waals surface area contributed by atoms with Gasteiger partial charge in [0.15, 0.2) is 0 Å². The van der Waals surface area contributed by atoms with Gasteiger partial charge >= 0.3 is 6.09 Å². The fourth-order valence-electron chi connectivity index (χ4n) is 2.39. The molecular formula is C17H17NO4.